The zero-order valence-corrected chi connectivity index (χ0v) is 17.8. The maximum atomic E-state index is 13.2. The van der Waals surface area contributed by atoms with Gasteiger partial charge < -0.3 is 5.32 Å². The van der Waals surface area contributed by atoms with E-state index < -0.39 is 0 Å². The van der Waals surface area contributed by atoms with Crippen molar-refractivity contribution in [1.29, 1.82) is 0 Å². The minimum absolute atomic E-state index is 0.0186. The zero-order valence-electron chi connectivity index (χ0n) is 17.8. The molecule has 4 aliphatic carbocycles. The molecule has 4 saturated carbocycles. The van der Waals surface area contributed by atoms with Crippen LogP contribution in [0, 0.1) is 11.8 Å². The first-order valence-corrected chi connectivity index (χ1v) is 11.8. The SMILES string of the molecule is O=C(CN1CCc2ccccc2C1)NC12CC3CC(C1)CC(c1ccccc1)(C3)C2. The largest absolute Gasteiger partial charge is 0.350 e. The summed E-state index contributed by atoms with van der Waals surface area (Å²) in [6.07, 6.45) is 8.55. The van der Waals surface area contributed by atoms with Crippen LogP contribution in [0.2, 0.25) is 0 Å². The number of benzene rings is 2. The van der Waals surface area contributed by atoms with E-state index in [4.69, 9.17) is 0 Å². The molecule has 2 aromatic rings. The molecule has 156 valence electrons. The second kappa shape index (κ2) is 6.95. The third-order valence-electron chi connectivity index (χ3n) is 8.43. The maximum Gasteiger partial charge on any atom is 0.234 e. The fraction of sp³-hybridized carbons (Fsp3) is 0.519. The summed E-state index contributed by atoms with van der Waals surface area (Å²) >= 11 is 0. The smallest absolute Gasteiger partial charge is 0.234 e. The Labute approximate surface area is 179 Å². The van der Waals surface area contributed by atoms with E-state index in [-0.39, 0.29) is 16.9 Å². The molecule has 7 rings (SSSR count). The molecule has 0 spiro atoms. The molecule has 0 radical (unpaired) electrons. The molecule has 1 aliphatic heterocycles. The van der Waals surface area contributed by atoms with Crippen LogP contribution < -0.4 is 5.32 Å². The molecule has 5 aliphatic rings. The van der Waals surface area contributed by atoms with E-state index in [0.29, 0.717) is 6.54 Å². The van der Waals surface area contributed by atoms with E-state index in [9.17, 15) is 4.79 Å². The van der Waals surface area contributed by atoms with Crippen molar-refractivity contribution in [2.75, 3.05) is 13.1 Å². The van der Waals surface area contributed by atoms with E-state index in [0.717, 1.165) is 37.8 Å². The Kier molecular flexibility index (Phi) is 4.31. The Morgan fingerprint density at radius 2 is 1.63 bits per heavy atom. The lowest BCUT2D eigenvalue weighted by molar-refractivity contribution is -0.129. The second-order valence-corrected chi connectivity index (χ2v) is 10.7. The van der Waals surface area contributed by atoms with Crippen LogP contribution in [-0.2, 0) is 23.2 Å². The summed E-state index contributed by atoms with van der Waals surface area (Å²) in [6.45, 7) is 2.41. The van der Waals surface area contributed by atoms with Gasteiger partial charge in [0.15, 0.2) is 0 Å². The molecule has 1 N–H and O–H groups in total. The Bertz CT molecular complexity index is 938. The van der Waals surface area contributed by atoms with Crippen molar-refractivity contribution in [2.45, 2.75) is 62.4 Å². The molecule has 1 amide bonds. The lowest BCUT2D eigenvalue weighted by atomic mass is 9.45. The highest BCUT2D eigenvalue weighted by Gasteiger charge is 2.58. The van der Waals surface area contributed by atoms with Gasteiger partial charge in [0, 0.05) is 18.6 Å². The van der Waals surface area contributed by atoms with Crippen molar-refractivity contribution >= 4 is 5.91 Å². The van der Waals surface area contributed by atoms with Crippen molar-refractivity contribution in [3.05, 3.63) is 71.3 Å². The van der Waals surface area contributed by atoms with Gasteiger partial charge in [-0.05, 0) is 78.9 Å². The quantitative estimate of drug-likeness (QED) is 0.822. The molecule has 4 bridgehead atoms. The van der Waals surface area contributed by atoms with Gasteiger partial charge in [-0.3, -0.25) is 9.69 Å². The first kappa shape index (κ1) is 18.6. The fourth-order valence-corrected chi connectivity index (χ4v) is 7.77. The Balaban J connectivity index is 1.18. The van der Waals surface area contributed by atoms with E-state index >= 15 is 0 Å². The third-order valence-corrected chi connectivity index (χ3v) is 8.43. The normalized spacial score (nSPS) is 34.5. The van der Waals surface area contributed by atoms with Crippen LogP contribution >= 0.6 is 0 Å². The van der Waals surface area contributed by atoms with Gasteiger partial charge in [0.1, 0.15) is 0 Å². The van der Waals surface area contributed by atoms with Crippen LogP contribution in [0.15, 0.2) is 54.6 Å². The molecular weight excluding hydrogens is 368 g/mol. The lowest BCUT2D eigenvalue weighted by Gasteiger charge is -2.62. The number of nitrogens with one attached hydrogen (secondary N) is 1. The highest BCUT2D eigenvalue weighted by molar-refractivity contribution is 5.79. The molecule has 2 atom stereocenters. The van der Waals surface area contributed by atoms with Crippen molar-refractivity contribution in [2.24, 2.45) is 11.8 Å². The standard InChI is InChI=1S/C27H32N2O/c30-25(18-29-11-10-22-6-4-5-7-23(22)17-29)28-27-15-20-12-21(16-27)14-26(13-20,19-27)24-8-2-1-3-9-24/h1-9,20-21H,10-19H2,(H,28,30). The third kappa shape index (κ3) is 3.19. The number of carbonyl (C=O) groups is 1. The Morgan fingerprint density at radius 1 is 0.933 bits per heavy atom. The highest BCUT2D eigenvalue weighted by Crippen LogP contribution is 2.62. The minimum atomic E-state index is 0.0186. The number of nitrogens with zero attached hydrogens (tertiary/aromatic N) is 1. The van der Waals surface area contributed by atoms with Gasteiger partial charge in [0.05, 0.1) is 6.54 Å². The molecule has 2 unspecified atom stereocenters. The first-order valence-electron chi connectivity index (χ1n) is 11.8. The second-order valence-electron chi connectivity index (χ2n) is 10.7. The highest BCUT2D eigenvalue weighted by atomic mass is 16.2. The van der Waals surface area contributed by atoms with Gasteiger partial charge in [-0.25, -0.2) is 0 Å². The predicted octanol–water partition coefficient (Wildman–Crippen LogP) is 4.45. The Morgan fingerprint density at radius 3 is 2.40 bits per heavy atom. The minimum Gasteiger partial charge on any atom is -0.350 e. The van der Waals surface area contributed by atoms with Crippen molar-refractivity contribution < 1.29 is 4.79 Å². The average molecular weight is 401 g/mol. The number of hydrogen-bond acceptors (Lipinski definition) is 2. The summed E-state index contributed by atoms with van der Waals surface area (Å²) in [5, 5.41) is 3.61. The van der Waals surface area contributed by atoms with Crippen LogP contribution in [0.4, 0.5) is 0 Å². The molecule has 4 fully saturated rings. The number of rotatable bonds is 4. The van der Waals surface area contributed by atoms with Gasteiger partial charge in [-0.2, -0.15) is 0 Å². The molecule has 30 heavy (non-hydrogen) atoms. The van der Waals surface area contributed by atoms with Crippen LogP contribution in [-0.4, -0.2) is 29.4 Å². The van der Waals surface area contributed by atoms with E-state index in [2.05, 4.69) is 64.8 Å². The van der Waals surface area contributed by atoms with Gasteiger partial charge in [-0.1, -0.05) is 54.6 Å². The summed E-state index contributed by atoms with van der Waals surface area (Å²) in [5.74, 6) is 1.78. The predicted molar refractivity (Wildman–Crippen MR) is 119 cm³/mol. The van der Waals surface area contributed by atoms with Crippen LogP contribution in [0.25, 0.3) is 0 Å². The topological polar surface area (TPSA) is 32.3 Å². The molecule has 0 saturated heterocycles. The van der Waals surface area contributed by atoms with Crippen LogP contribution in [0.3, 0.4) is 0 Å². The van der Waals surface area contributed by atoms with Crippen LogP contribution in [0.1, 0.15) is 55.2 Å². The summed E-state index contributed by atoms with van der Waals surface area (Å²) in [7, 11) is 0. The van der Waals surface area contributed by atoms with Gasteiger partial charge in [0.2, 0.25) is 5.91 Å². The van der Waals surface area contributed by atoms with Crippen molar-refractivity contribution in [1.82, 2.24) is 10.2 Å². The number of carbonyl (C=O) groups excluding carboxylic acids is 1. The van der Waals surface area contributed by atoms with Gasteiger partial charge >= 0.3 is 0 Å². The number of amides is 1. The number of hydrogen-bond donors (Lipinski definition) is 1. The number of fused-ring (bicyclic) bond motifs is 1. The molecule has 2 aromatic carbocycles. The fourth-order valence-electron chi connectivity index (χ4n) is 7.77. The summed E-state index contributed by atoms with van der Waals surface area (Å²) < 4.78 is 0. The molecule has 0 aromatic heterocycles. The Hall–Kier alpha value is -2.13. The van der Waals surface area contributed by atoms with E-state index in [1.807, 2.05) is 0 Å². The van der Waals surface area contributed by atoms with Gasteiger partial charge in [0.25, 0.3) is 0 Å². The van der Waals surface area contributed by atoms with Gasteiger partial charge in [-0.15, -0.1) is 0 Å². The van der Waals surface area contributed by atoms with Crippen molar-refractivity contribution in [3.8, 4) is 0 Å². The molecule has 1 heterocycles. The summed E-state index contributed by atoms with van der Waals surface area (Å²) in [4.78, 5) is 15.5. The van der Waals surface area contributed by atoms with Crippen molar-refractivity contribution in [3.63, 3.8) is 0 Å². The monoisotopic (exact) mass is 400 g/mol. The maximum absolute atomic E-state index is 13.2. The summed E-state index contributed by atoms with van der Waals surface area (Å²) in [6, 6.07) is 19.8. The zero-order chi connectivity index (χ0) is 20.2. The summed E-state index contributed by atoms with van der Waals surface area (Å²) in [5.41, 5.74) is 4.63. The van der Waals surface area contributed by atoms with E-state index in [1.165, 1.54) is 48.8 Å². The lowest BCUT2D eigenvalue weighted by Crippen LogP contribution is -2.65. The average Bonchev–Trinajstić information content (AvgIpc) is 2.73. The first-order chi connectivity index (χ1) is 14.6. The van der Waals surface area contributed by atoms with E-state index in [1.54, 1.807) is 0 Å². The van der Waals surface area contributed by atoms with Crippen LogP contribution in [0.5, 0.6) is 0 Å². The molecule has 3 heteroatoms. The molecule has 3 nitrogen and oxygen atoms in total. The molecular formula is C27H32N2O.